The minimum atomic E-state index is -1.14. The smallest absolute Gasteiger partial charge is 0.327 e. The minimum Gasteiger partial charge on any atom is -0.377 e. The van der Waals surface area contributed by atoms with Gasteiger partial charge in [0.1, 0.15) is 11.5 Å². The molecule has 7 heteroatoms. The fraction of sp³-hybridized carbons (Fsp3) is 0.538. The van der Waals surface area contributed by atoms with Crippen LogP contribution in [-0.2, 0) is 0 Å². The molecule has 0 saturated heterocycles. The van der Waals surface area contributed by atoms with Crippen LogP contribution >= 0.6 is 11.8 Å². The molecular weight excluding hydrogens is 286 g/mol. The Morgan fingerprint density at radius 1 is 1.30 bits per heavy atom. The Kier molecular flexibility index (Phi) is 4.80. The molecule has 0 aromatic heterocycles. The van der Waals surface area contributed by atoms with E-state index in [1.54, 1.807) is 0 Å². The van der Waals surface area contributed by atoms with Crippen molar-refractivity contribution in [1.82, 2.24) is 0 Å². The van der Waals surface area contributed by atoms with Gasteiger partial charge < -0.3 is 5.32 Å². The predicted octanol–water partition coefficient (Wildman–Crippen LogP) is 3.96. The van der Waals surface area contributed by atoms with Gasteiger partial charge in [0.2, 0.25) is 5.82 Å². The van der Waals surface area contributed by atoms with Crippen molar-refractivity contribution in [3.05, 3.63) is 33.9 Å². The third-order valence-corrected chi connectivity index (χ3v) is 4.72. The van der Waals surface area contributed by atoms with E-state index in [-0.39, 0.29) is 11.7 Å². The van der Waals surface area contributed by atoms with Gasteiger partial charge in [-0.1, -0.05) is 0 Å². The molecular formula is C13H16F2N2O2S. The maximum atomic E-state index is 13.5. The van der Waals surface area contributed by atoms with Crippen molar-refractivity contribution < 1.29 is 13.7 Å². The zero-order chi connectivity index (χ0) is 14.7. The number of halogens is 2. The number of nitrogens with zero attached hydrogens (tertiary/aromatic N) is 1. The Hall–Kier alpha value is -1.37. The lowest BCUT2D eigenvalue weighted by Crippen LogP contribution is -2.27. The van der Waals surface area contributed by atoms with Gasteiger partial charge in [-0.15, -0.1) is 0 Å². The first-order chi connectivity index (χ1) is 9.51. The molecule has 1 aromatic rings. The SMILES string of the molecule is CSC1CCC(Nc2cc(F)cc(F)c2[N+](=O)[O-])CC1. The fourth-order valence-corrected chi connectivity index (χ4v) is 3.27. The van der Waals surface area contributed by atoms with Crippen molar-refractivity contribution in [2.75, 3.05) is 11.6 Å². The predicted molar refractivity (Wildman–Crippen MR) is 76.2 cm³/mol. The van der Waals surface area contributed by atoms with Crippen LogP contribution in [-0.4, -0.2) is 22.5 Å². The first-order valence-corrected chi connectivity index (χ1v) is 7.72. The standard InChI is InChI=1S/C13H16F2N2O2S/c1-20-10-4-2-9(3-5-10)16-12-7-8(14)6-11(15)13(12)17(18)19/h6-7,9-10,16H,2-5H2,1H3. The third-order valence-electron chi connectivity index (χ3n) is 3.58. The molecule has 20 heavy (non-hydrogen) atoms. The highest BCUT2D eigenvalue weighted by Gasteiger charge is 2.26. The number of nitro benzene ring substituents is 1. The summed E-state index contributed by atoms with van der Waals surface area (Å²) in [5.74, 6) is -1.95. The molecule has 0 heterocycles. The summed E-state index contributed by atoms with van der Waals surface area (Å²) in [6, 6.07) is 1.55. The molecule has 0 aliphatic heterocycles. The van der Waals surface area contributed by atoms with Gasteiger partial charge in [0.05, 0.1) is 4.92 Å². The van der Waals surface area contributed by atoms with Gasteiger partial charge in [0.15, 0.2) is 0 Å². The summed E-state index contributed by atoms with van der Waals surface area (Å²) in [7, 11) is 0. The van der Waals surface area contributed by atoms with E-state index in [0.29, 0.717) is 11.3 Å². The Morgan fingerprint density at radius 3 is 2.50 bits per heavy atom. The molecule has 110 valence electrons. The lowest BCUT2D eigenvalue weighted by atomic mass is 9.94. The van der Waals surface area contributed by atoms with Gasteiger partial charge >= 0.3 is 5.69 Å². The molecule has 1 aromatic carbocycles. The molecule has 0 amide bonds. The van der Waals surface area contributed by atoms with Crippen LogP contribution in [0.1, 0.15) is 25.7 Å². The number of rotatable bonds is 4. The van der Waals surface area contributed by atoms with E-state index in [9.17, 15) is 18.9 Å². The molecule has 4 nitrogen and oxygen atoms in total. The molecule has 0 bridgehead atoms. The summed E-state index contributed by atoms with van der Waals surface area (Å²) in [5.41, 5.74) is -0.751. The van der Waals surface area contributed by atoms with Crippen LogP contribution in [0.2, 0.25) is 0 Å². The lowest BCUT2D eigenvalue weighted by molar-refractivity contribution is -0.386. The Balaban J connectivity index is 2.15. The van der Waals surface area contributed by atoms with Gasteiger partial charge in [0.25, 0.3) is 0 Å². The summed E-state index contributed by atoms with van der Waals surface area (Å²) in [6.45, 7) is 0. The summed E-state index contributed by atoms with van der Waals surface area (Å²) in [4.78, 5) is 10.1. The van der Waals surface area contributed by atoms with Crippen molar-refractivity contribution in [3.63, 3.8) is 0 Å². The van der Waals surface area contributed by atoms with Gasteiger partial charge in [0, 0.05) is 23.4 Å². The van der Waals surface area contributed by atoms with E-state index in [4.69, 9.17) is 0 Å². The number of hydrogen-bond donors (Lipinski definition) is 1. The molecule has 1 aliphatic carbocycles. The van der Waals surface area contributed by atoms with E-state index in [0.717, 1.165) is 31.7 Å². The van der Waals surface area contributed by atoms with E-state index in [1.807, 2.05) is 11.8 Å². The molecule has 0 unspecified atom stereocenters. The fourth-order valence-electron chi connectivity index (χ4n) is 2.52. The quantitative estimate of drug-likeness (QED) is 0.675. The maximum Gasteiger partial charge on any atom is 0.327 e. The lowest BCUT2D eigenvalue weighted by Gasteiger charge is -2.28. The van der Waals surface area contributed by atoms with Gasteiger partial charge in [-0.3, -0.25) is 10.1 Å². The summed E-state index contributed by atoms with van der Waals surface area (Å²) >= 11 is 1.81. The van der Waals surface area contributed by atoms with Gasteiger partial charge in [-0.2, -0.15) is 16.2 Å². The Bertz CT molecular complexity index is 505. The summed E-state index contributed by atoms with van der Waals surface area (Å²) < 4.78 is 26.7. The number of hydrogen-bond acceptors (Lipinski definition) is 4. The zero-order valence-electron chi connectivity index (χ0n) is 11.1. The van der Waals surface area contributed by atoms with E-state index < -0.39 is 22.2 Å². The monoisotopic (exact) mass is 302 g/mol. The Morgan fingerprint density at radius 2 is 1.95 bits per heavy atom. The van der Waals surface area contributed by atoms with Crippen molar-refractivity contribution in [1.29, 1.82) is 0 Å². The molecule has 1 fully saturated rings. The largest absolute Gasteiger partial charge is 0.377 e. The van der Waals surface area contributed by atoms with Crippen LogP contribution in [0.3, 0.4) is 0 Å². The number of benzene rings is 1. The van der Waals surface area contributed by atoms with Crippen molar-refractivity contribution in [2.24, 2.45) is 0 Å². The normalized spacial score (nSPS) is 22.6. The van der Waals surface area contributed by atoms with E-state index in [2.05, 4.69) is 11.6 Å². The second kappa shape index (κ2) is 6.39. The number of nitro groups is 1. The molecule has 1 aliphatic rings. The van der Waals surface area contributed by atoms with Crippen LogP contribution in [0.4, 0.5) is 20.2 Å². The average molecular weight is 302 g/mol. The van der Waals surface area contributed by atoms with Crippen LogP contribution in [0, 0.1) is 21.7 Å². The third kappa shape index (κ3) is 3.39. The van der Waals surface area contributed by atoms with Gasteiger partial charge in [-0.25, -0.2) is 4.39 Å². The second-order valence-electron chi connectivity index (χ2n) is 4.89. The highest BCUT2D eigenvalue weighted by Crippen LogP contribution is 2.33. The highest BCUT2D eigenvalue weighted by molar-refractivity contribution is 7.99. The van der Waals surface area contributed by atoms with Crippen molar-refractivity contribution in [2.45, 2.75) is 37.0 Å². The van der Waals surface area contributed by atoms with Gasteiger partial charge in [-0.05, 0) is 31.9 Å². The second-order valence-corrected chi connectivity index (χ2v) is 6.03. The number of anilines is 1. The molecule has 0 atom stereocenters. The molecule has 1 N–H and O–H groups in total. The van der Waals surface area contributed by atoms with E-state index >= 15 is 0 Å². The average Bonchev–Trinajstić information content (AvgIpc) is 2.38. The van der Waals surface area contributed by atoms with Crippen LogP contribution < -0.4 is 5.32 Å². The van der Waals surface area contributed by atoms with Crippen LogP contribution in [0.5, 0.6) is 0 Å². The number of thioether (sulfide) groups is 1. The summed E-state index contributed by atoms with van der Waals surface area (Å²) in [5, 5.41) is 14.4. The van der Waals surface area contributed by atoms with Crippen LogP contribution in [0.25, 0.3) is 0 Å². The van der Waals surface area contributed by atoms with E-state index in [1.165, 1.54) is 0 Å². The summed E-state index contributed by atoms with van der Waals surface area (Å²) in [6.07, 6.45) is 5.77. The zero-order valence-corrected chi connectivity index (χ0v) is 11.9. The molecule has 0 radical (unpaired) electrons. The molecule has 1 saturated carbocycles. The Labute approximate surface area is 120 Å². The highest BCUT2D eigenvalue weighted by atomic mass is 32.2. The first-order valence-electron chi connectivity index (χ1n) is 6.44. The topological polar surface area (TPSA) is 55.2 Å². The van der Waals surface area contributed by atoms with Crippen molar-refractivity contribution in [3.8, 4) is 0 Å². The number of nitrogens with one attached hydrogen (secondary N) is 1. The molecule has 0 spiro atoms. The minimum absolute atomic E-state index is 0.0262. The van der Waals surface area contributed by atoms with Crippen molar-refractivity contribution >= 4 is 23.1 Å². The first kappa shape index (κ1) is 15.0. The van der Waals surface area contributed by atoms with Crippen LogP contribution in [0.15, 0.2) is 12.1 Å². The maximum absolute atomic E-state index is 13.5. The molecule has 2 rings (SSSR count).